The molecule has 140 valence electrons. The van der Waals surface area contributed by atoms with Crippen LogP contribution in [0.25, 0.3) is 0 Å². The average Bonchev–Trinajstić information content (AvgIpc) is 2.56. The summed E-state index contributed by atoms with van der Waals surface area (Å²) in [5.74, 6) is -0.172. The maximum absolute atomic E-state index is 12.7. The monoisotopic (exact) mass is 420 g/mol. The van der Waals surface area contributed by atoms with Crippen molar-refractivity contribution in [2.24, 2.45) is 10.9 Å². The van der Waals surface area contributed by atoms with E-state index >= 15 is 0 Å². The molecule has 6 heteroatoms. The molecule has 2 unspecified atom stereocenters. The van der Waals surface area contributed by atoms with Gasteiger partial charge in [0, 0.05) is 27.9 Å². The number of allylic oxidation sites excluding steroid dienone is 1. The third kappa shape index (κ3) is 4.81. The number of halogens is 1. The van der Waals surface area contributed by atoms with Crippen LogP contribution in [0.3, 0.4) is 0 Å². The quantitative estimate of drug-likeness (QED) is 0.748. The Labute approximate surface area is 163 Å². The molecule has 0 saturated carbocycles. The van der Waals surface area contributed by atoms with Crippen LogP contribution in [0.15, 0.2) is 33.2 Å². The number of nitrogens with zero attached hydrogens (tertiary/aromatic N) is 1. The van der Waals surface area contributed by atoms with Crippen LogP contribution in [0.2, 0.25) is 0 Å². The zero-order chi connectivity index (χ0) is 19.4. The third-order valence-corrected chi connectivity index (χ3v) is 4.97. The van der Waals surface area contributed by atoms with Crippen molar-refractivity contribution in [1.82, 2.24) is 5.32 Å². The Morgan fingerprint density at radius 3 is 2.65 bits per heavy atom. The highest BCUT2D eigenvalue weighted by molar-refractivity contribution is 9.10. The first-order valence-corrected chi connectivity index (χ1v) is 9.54. The van der Waals surface area contributed by atoms with Gasteiger partial charge < -0.3 is 10.1 Å². The first-order chi connectivity index (χ1) is 12.2. The Morgan fingerprint density at radius 1 is 1.35 bits per heavy atom. The van der Waals surface area contributed by atoms with Gasteiger partial charge in [-0.15, -0.1) is 0 Å². The van der Waals surface area contributed by atoms with Crippen molar-refractivity contribution in [3.63, 3.8) is 0 Å². The minimum atomic E-state index is -0.411. The van der Waals surface area contributed by atoms with Crippen LogP contribution in [0, 0.1) is 12.8 Å². The summed E-state index contributed by atoms with van der Waals surface area (Å²) in [6.45, 7) is 9.81. The van der Waals surface area contributed by atoms with Gasteiger partial charge in [0.25, 0.3) is 11.8 Å². The van der Waals surface area contributed by atoms with Crippen LogP contribution >= 0.6 is 15.9 Å². The van der Waals surface area contributed by atoms with E-state index in [2.05, 4.69) is 26.2 Å². The van der Waals surface area contributed by atoms with Crippen LogP contribution in [0.5, 0.6) is 5.75 Å². The molecule has 0 spiro atoms. The van der Waals surface area contributed by atoms with Crippen LogP contribution < -0.4 is 10.1 Å². The summed E-state index contributed by atoms with van der Waals surface area (Å²) >= 11 is 3.44. The molecule has 1 N–H and O–H groups in total. The second kappa shape index (κ2) is 8.62. The molecule has 1 aliphatic heterocycles. The average molecular weight is 421 g/mol. The number of carbonyl (C=O) groups is 2. The SMILES string of the molecule is CCC(C)Oc1cc(Br)cc(C(=O)NCC2C(=O)N=C(C)C=C2C)c1C. The fourth-order valence-corrected chi connectivity index (χ4v) is 3.20. The largest absolute Gasteiger partial charge is 0.490 e. The fourth-order valence-electron chi connectivity index (χ4n) is 2.76. The molecule has 2 amide bonds. The minimum absolute atomic E-state index is 0.0626. The van der Waals surface area contributed by atoms with E-state index in [9.17, 15) is 9.59 Å². The van der Waals surface area contributed by atoms with Gasteiger partial charge in [-0.2, -0.15) is 0 Å². The number of amides is 2. The van der Waals surface area contributed by atoms with Gasteiger partial charge in [-0.05, 0) is 52.3 Å². The molecule has 1 aromatic rings. The van der Waals surface area contributed by atoms with E-state index in [0.717, 1.165) is 22.0 Å². The van der Waals surface area contributed by atoms with E-state index in [-0.39, 0.29) is 24.5 Å². The normalized spacial score (nSPS) is 18.1. The molecule has 0 aromatic heterocycles. The molecule has 26 heavy (non-hydrogen) atoms. The maximum atomic E-state index is 12.7. The van der Waals surface area contributed by atoms with Gasteiger partial charge in [0.2, 0.25) is 0 Å². The number of carbonyl (C=O) groups excluding carboxylic acids is 2. The zero-order valence-corrected chi connectivity index (χ0v) is 17.4. The van der Waals surface area contributed by atoms with E-state index in [1.54, 1.807) is 13.0 Å². The van der Waals surface area contributed by atoms with Gasteiger partial charge in [-0.1, -0.05) is 28.4 Å². The summed E-state index contributed by atoms with van der Waals surface area (Å²) < 4.78 is 6.69. The van der Waals surface area contributed by atoms with Crippen molar-refractivity contribution in [3.8, 4) is 5.75 Å². The van der Waals surface area contributed by atoms with Gasteiger partial charge in [0.05, 0.1) is 12.0 Å². The number of benzene rings is 1. The lowest BCUT2D eigenvalue weighted by Gasteiger charge is -2.20. The number of dihydropyridines is 1. The second-order valence-corrected chi connectivity index (χ2v) is 7.57. The van der Waals surface area contributed by atoms with Crippen molar-refractivity contribution in [2.75, 3.05) is 6.54 Å². The molecule has 0 radical (unpaired) electrons. The van der Waals surface area contributed by atoms with Gasteiger partial charge in [-0.3, -0.25) is 9.59 Å². The van der Waals surface area contributed by atoms with E-state index in [0.29, 0.717) is 17.0 Å². The third-order valence-electron chi connectivity index (χ3n) is 4.51. The highest BCUT2D eigenvalue weighted by Gasteiger charge is 2.25. The van der Waals surface area contributed by atoms with E-state index in [1.807, 2.05) is 39.8 Å². The Hall–Kier alpha value is -1.95. The smallest absolute Gasteiger partial charge is 0.254 e. The molecular formula is C20H25BrN2O3. The van der Waals surface area contributed by atoms with Crippen molar-refractivity contribution in [1.29, 1.82) is 0 Å². The van der Waals surface area contributed by atoms with Crippen LogP contribution in [0.1, 0.15) is 50.0 Å². The lowest BCUT2D eigenvalue weighted by molar-refractivity contribution is -0.120. The molecule has 1 heterocycles. The van der Waals surface area contributed by atoms with E-state index in [4.69, 9.17) is 4.74 Å². The van der Waals surface area contributed by atoms with Gasteiger partial charge in [0.15, 0.2) is 0 Å². The summed E-state index contributed by atoms with van der Waals surface area (Å²) in [5, 5.41) is 2.86. The summed E-state index contributed by atoms with van der Waals surface area (Å²) in [6, 6.07) is 3.63. The molecule has 0 fully saturated rings. The minimum Gasteiger partial charge on any atom is -0.490 e. The molecule has 0 bridgehead atoms. The van der Waals surface area contributed by atoms with Gasteiger partial charge in [-0.25, -0.2) is 4.99 Å². The van der Waals surface area contributed by atoms with Crippen LogP contribution in [0.4, 0.5) is 0 Å². The topological polar surface area (TPSA) is 67.8 Å². The summed E-state index contributed by atoms with van der Waals surface area (Å²) in [4.78, 5) is 28.8. The number of nitrogens with one attached hydrogen (secondary N) is 1. The van der Waals surface area contributed by atoms with E-state index < -0.39 is 5.92 Å². The molecule has 0 aliphatic carbocycles. The Morgan fingerprint density at radius 2 is 2.04 bits per heavy atom. The number of hydrogen-bond donors (Lipinski definition) is 1. The molecule has 1 aliphatic rings. The molecule has 0 saturated heterocycles. The lowest BCUT2D eigenvalue weighted by Crippen LogP contribution is -2.35. The van der Waals surface area contributed by atoms with Crippen molar-refractivity contribution >= 4 is 33.5 Å². The Kier molecular flexibility index (Phi) is 6.75. The number of rotatable bonds is 6. The molecule has 2 rings (SSSR count). The van der Waals surface area contributed by atoms with Crippen molar-refractivity contribution in [3.05, 3.63) is 39.4 Å². The number of hydrogen-bond acceptors (Lipinski definition) is 3. The molecule has 1 aromatic carbocycles. The lowest BCUT2D eigenvalue weighted by atomic mass is 9.95. The Balaban J connectivity index is 2.15. The highest BCUT2D eigenvalue weighted by atomic mass is 79.9. The Bertz CT molecular complexity index is 784. The fraction of sp³-hybridized carbons (Fsp3) is 0.450. The van der Waals surface area contributed by atoms with Crippen molar-refractivity contribution in [2.45, 2.75) is 47.1 Å². The predicted octanol–water partition coefficient (Wildman–Crippen LogP) is 4.23. The first-order valence-electron chi connectivity index (χ1n) is 8.75. The standard InChI is InChI=1S/C20H25BrN2O3/c1-6-13(4)26-18-9-15(21)8-16(14(18)5)19(24)22-10-17-11(2)7-12(3)23-20(17)25/h7-9,13,17H,6,10H2,1-5H3,(H,22,24). The van der Waals surface area contributed by atoms with E-state index in [1.165, 1.54) is 0 Å². The first kappa shape index (κ1) is 20.4. The van der Waals surface area contributed by atoms with Gasteiger partial charge >= 0.3 is 0 Å². The van der Waals surface area contributed by atoms with Crippen LogP contribution in [-0.4, -0.2) is 30.2 Å². The van der Waals surface area contributed by atoms with Crippen molar-refractivity contribution < 1.29 is 14.3 Å². The summed E-state index contributed by atoms with van der Waals surface area (Å²) in [5.41, 5.74) is 2.92. The van der Waals surface area contributed by atoms with Crippen LogP contribution in [-0.2, 0) is 4.79 Å². The maximum Gasteiger partial charge on any atom is 0.254 e. The zero-order valence-electron chi connectivity index (χ0n) is 15.9. The highest BCUT2D eigenvalue weighted by Crippen LogP contribution is 2.28. The predicted molar refractivity (Wildman–Crippen MR) is 107 cm³/mol. The summed E-state index contributed by atoms with van der Waals surface area (Å²) in [6.07, 6.45) is 2.82. The molecule has 5 nitrogen and oxygen atoms in total. The van der Waals surface area contributed by atoms with Gasteiger partial charge in [0.1, 0.15) is 5.75 Å². The second-order valence-electron chi connectivity index (χ2n) is 6.66. The summed E-state index contributed by atoms with van der Waals surface area (Å²) in [7, 11) is 0. The number of aliphatic imine (C=N–C) groups is 1. The number of ether oxygens (including phenoxy) is 1. The molecular weight excluding hydrogens is 396 g/mol. The molecule has 2 atom stereocenters.